The first-order valence-corrected chi connectivity index (χ1v) is 3.91. The summed E-state index contributed by atoms with van der Waals surface area (Å²) in [5.41, 5.74) is 2.52. The number of Topliss-reactive ketones (excluding diaryl/α,β-unsaturated/α-hetero) is 1. The van der Waals surface area contributed by atoms with Crippen molar-refractivity contribution in [2.24, 2.45) is 0 Å². The number of rotatable bonds is 5. The Morgan fingerprint density at radius 2 is 2.18 bits per heavy atom. The molecule has 0 fully saturated rings. The Labute approximate surface area is 72.2 Å². The van der Waals surface area contributed by atoms with Crippen molar-refractivity contribution in [2.45, 2.75) is 19.8 Å². The second-order valence-electron chi connectivity index (χ2n) is 2.43. The Kier molecular flexibility index (Phi) is 6.18. The van der Waals surface area contributed by atoms with E-state index in [0.29, 0.717) is 6.42 Å². The van der Waals surface area contributed by atoms with Gasteiger partial charge in [0.15, 0.2) is 5.78 Å². The Morgan fingerprint density at radius 1 is 1.55 bits per heavy atom. The fourth-order valence-electron chi connectivity index (χ4n) is 0.624. The van der Waals surface area contributed by atoms with E-state index in [0.717, 1.165) is 12.0 Å². The molecule has 0 radical (unpaired) electrons. The normalized spacial score (nSPS) is 11.7. The van der Waals surface area contributed by atoms with E-state index < -0.39 is 0 Å². The summed E-state index contributed by atoms with van der Waals surface area (Å²) in [7, 11) is 1.52. The van der Waals surface area contributed by atoms with Gasteiger partial charge >= 0.3 is 0 Å². The third-order valence-corrected chi connectivity index (χ3v) is 1.66. The minimum atomic E-state index is 0.116. The van der Waals surface area contributed by atoms with E-state index >= 15 is 0 Å². The zero-order valence-corrected chi connectivity index (χ0v) is 7.65. The Morgan fingerprint density at radius 3 is 2.64 bits per heavy atom. The van der Waals surface area contributed by atoms with Crippen LogP contribution in [0.1, 0.15) is 19.8 Å². The number of halogens is 1. The van der Waals surface area contributed by atoms with Gasteiger partial charge in [0.05, 0.1) is 0 Å². The van der Waals surface area contributed by atoms with Crippen LogP contribution >= 0.6 is 11.6 Å². The number of ketones is 1. The van der Waals surface area contributed by atoms with Crippen LogP contribution in [0, 0.1) is 0 Å². The molecule has 0 heterocycles. The quantitative estimate of drug-likeness (QED) is 0.642. The molecule has 0 amide bonds. The molecule has 0 aromatic carbocycles. The van der Waals surface area contributed by atoms with E-state index in [1.54, 1.807) is 0 Å². The van der Waals surface area contributed by atoms with Gasteiger partial charge in [0.2, 0.25) is 0 Å². The minimum Gasteiger partial charge on any atom is -0.377 e. The molecule has 0 saturated carbocycles. The largest absolute Gasteiger partial charge is 0.377 e. The molecule has 64 valence electrons. The lowest BCUT2D eigenvalue weighted by Gasteiger charge is -1.98. The number of ether oxygens (including phenoxy) is 1. The molecule has 0 N–H and O–H groups in total. The molecular weight excluding hydrogens is 164 g/mol. The number of hydrogen-bond acceptors (Lipinski definition) is 2. The van der Waals surface area contributed by atoms with E-state index in [4.69, 9.17) is 11.6 Å². The number of methoxy groups -OCH3 is 1. The van der Waals surface area contributed by atoms with Crippen molar-refractivity contribution >= 4 is 17.4 Å². The average molecular weight is 177 g/mol. The predicted molar refractivity (Wildman–Crippen MR) is 45.7 cm³/mol. The first kappa shape index (κ1) is 10.7. The summed E-state index contributed by atoms with van der Waals surface area (Å²) in [5, 5.41) is 0. The summed E-state index contributed by atoms with van der Waals surface area (Å²) < 4.78 is 4.67. The molecule has 0 aromatic rings. The second-order valence-corrected chi connectivity index (χ2v) is 2.65. The summed E-state index contributed by atoms with van der Waals surface area (Å²) in [6, 6.07) is 0. The summed E-state index contributed by atoms with van der Waals surface area (Å²) in [5.74, 6) is 0.116. The molecule has 11 heavy (non-hydrogen) atoms. The van der Waals surface area contributed by atoms with Gasteiger partial charge in [0, 0.05) is 19.1 Å². The molecule has 0 spiro atoms. The molecule has 3 heteroatoms. The van der Waals surface area contributed by atoms with Crippen LogP contribution in [0.25, 0.3) is 0 Å². The van der Waals surface area contributed by atoms with Crippen LogP contribution < -0.4 is 0 Å². The lowest BCUT2D eigenvalue weighted by atomic mass is 10.1. The van der Waals surface area contributed by atoms with Crippen molar-refractivity contribution in [2.75, 3.05) is 13.7 Å². The summed E-state index contributed by atoms with van der Waals surface area (Å²) in [6.45, 7) is 2.10. The van der Waals surface area contributed by atoms with Crippen LogP contribution in [0.2, 0.25) is 0 Å². The van der Waals surface area contributed by atoms with E-state index in [9.17, 15) is 4.79 Å². The van der Waals surface area contributed by atoms with Gasteiger partial charge < -0.3 is 4.74 Å². The van der Waals surface area contributed by atoms with Crippen molar-refractivity contribution < 1.29 is 9.53 Å². The van der Waals surface area contributed by atoms with E-state index in [2.05, 4.69) is 4.74 Å². The third-order valence-electron chi connectivity index (χ3n) is 1.29. The number of hydrogen-bond donors (Lipinski definition) is 0. The summed E-state index contributed by atoms with van der Waals surface area (Å²) in [6.07, 6.45) is 1.24. The van der Waals surface area contributed by atoms with Gasteiger partial charge in [-0.3, -0.25) is 4.79 Å². The molecule has 0 aromatic heterocycles. The number of allylic oxidation sites excluding steroid dienone is 1. The minimum absolute atomic E-state index is 0.116. The van der Waals surface area contributed by atoms with Gasteiger partial charge in [-0.1, -0.05) is 17.2 Å². The van der Waals surface area contributed by atoms with Gasteiger partial charge in [-0.15, -0.1) is 0 Å². The van der Waals surface area contributed by atoms with Gasteiger partial charge in [-0.25, -0.2) is 0 Å². The summed E-state index contributed by atoms with van der Waals surface area (Å²) >= 11 is 5.41. The van der Waals surface area contributed by atoms with Crippen LogP contribution in [0.5, 0.6) is 0 Å². The molecule has 0 aliphatic rings. The van der Waals surface area contributed by atoms with Crippen LogP contribution in [0.3, 0.4) is 0 Å². The molecule has 0 rings (SSSR count). The van der Waals surface area contributed by atoms with E-state index in [-0.39, 0.29) is 12.4 Å². The fraction of sp³-hybridized carbons (Fsp3) is 0.625. The maximum absolute atomic E-state index is 10.9. The first-order chi connectivity index (χ1) is 5.20. The van der Waals surface area contributed by atoms with E-state index in [1.807, 2.05) is 6.92 Å². The Bertz CT molecular complexity index is 152. The second kappa shape index (κ2) is 6.38. The zero-order chi connectivity index (χ0) is 8.69. The fourth-order valence-corrected chi connectivity index (χ4v) is 0.733. The third kappa shape index (κ3) is 6.07. The summed E-state index contributed by atoms with van der Waals surface area (Å²) in [4.78, 5) is 10.9. The maximum Gasteiger partial charge on any atom is 0.158 e. The molecular formula is C8H13ClO2. The highest BCUT2D eigenvalue weighted by atomic mass is 35.5. The molecule has 0 aliphatic carbocycles. The molecule has 0 unspecified atom stereocenters. The van der Waals surface area contributed by atoms with Gasteiger partial charge in [0.25, 0.3) is 0 Å². The highest BCUT2D eigenvalue weighted by Gasteiger charge is 2.00. The number of carbonyl (C=O) groups is 1. The Hall–Kier alpha value is -0.340. The highest BCUT2D eigenvalue weighted by Crippen LogP contribution is 2.05. The maximum atomic E-state index is 10.9. The van der Waals surface area contributed by atoms with Crippen molar-refractivity contribution in [3.63, 3.8) is 0 Å². The molecule has 0 bridgehead atoms. The van der Waals surface area contributed by atoms with Crippen LogP contribution in [0.4, 0.5) is 0 Å². The van der Waals surface area contributed by atoms with Crippen molar-refractivity contribution in [3.8, 4) is 0 Å². The average Bonchev–Trinajstić information content (AvgIpc) is 2.01. The topological polar surface area (TPSA) is 26.3 Å². The molecule has 0 aliphatic heterocycles. The zero-order valence-electron chi connectivity index (χ0n) is 6.89. The Balaban J connectivity index is 3.46. The van der Waals surface area contributed by atoms with Crippen LogP contribution in [-0.4, -0.2) is 19.5 Å². The van der Waals surface area contributed by atoms with Crippen molar-refractivity contribution in [3.05, 3.63) is 11.1 Å². The van der Waals surface area contributed by atoms with Gasteiger partial charge in [-0.2, -0.15) is 0 Å². The lowest BCUT2D eigenvalue weighted by molar-refractivity contribution is -0.122. The smallest absolute Gasteiger partial charge is 0.158 e. The van der Waals surface area contributed by atoms with E-state index in [1.165, 1.54) is 12.6 Å². The molecule has 0 atom stereocenters. The van der Waals surface area contributed by atoms with Crippen molar-refractivity contribution in [1.29, 1.82) is 0 Å². The SMILES string of the molecule is COCC(=O)CCC(C)=CCl. The monoisotopic (exact) mass is 176 g/mol. The van der Waals surface area contributed by atoms with Crippen molar-refractivity contribution in [1.82, 2.24) is 0 Å². The lowest BCUT2D eigenvalue weighted by Crippen LogP contribution is -2.05. The predicted octanol–water partition coefficient (Wildman–Crippen LogP) is 2.12. The molecule has 0 saturated heterocycles. The molecule has 2 nitrogen and oxygen atoms in total. The van der Waals surface area contributed by atoms with Gasteiger partial charge in [0.1, 0.15) is 6.61 Å². The number of carbonyl (C=O) groups excluding carboxylic acids is 1. The first-order valence-electron chi connectivity index (χ1n) is 3.47. The standard InChI is InChI=1S/C8H13ClO2/c1-7(5-9)3-4-8(10)6-11-2/h5H,3-4,6H2,1-2H3. The highest BCUT2D eigenvalue weighted by molar-refractivity contribution is 6.25. The van der Waals surface area contributed by atoms with Crippen LogP contribution in [-0.2, 0) is 9.53 Å². The van der Waals surface area contributed by atoms with Crippen LogP contribution in [0.15, 0.2) is 11.1 Å². The van der Waals surface area contributed by atoms with Gasteiger partial charge in [-0.05, 0) is 13.3 Å².